The lowest BCUT2D eigenvalue weighted by atomic mass is 9.81. The lowest BCUT2D eigenvalue weighted by Crippen LogP contribution is -2.38. The van der Waals surface area contributed by atoms with Crippen molar-refractivity contribution in [3.63, 3.8) is 0 Å². The molecule has 1 aromatic carbocycles. The molecule has 2 aliphatic rings. The molecule has 1 N–H and O–H groups in total. The number of hydrogen-bond acceptors (Lipinski definition) is 6. The molecular weight excluding hydrogens is 336 g/mol. The lowest BCUT2D eigenvalue weighted by Gasteiger charge is -2.19. The fraction of sp³-hybridized carbons (Fsp3) is 0.389. The molecule has 1 saturated heterocycles. The Hall–Kier alpha value is -3.03. The lowest BCUT2D eigenvalue weighted by molar-refractivity contribution is -0.142. The summed E-state index contributed by atoms with van der Waals surface area (Å²) in [5.74, 6) is -0.984. The number of imide groups is 1. The van der Waals surface area contributed by atoms with E-state index in [1.54, 1.807) is 24.3 Å². The summed E-state index contributed by atoms with van der Waals surface area (Å²) in [6.07, 6.45) is 4.62. The molecule has 1 aliphatic carbocycles. The minimum Gasteiger partial charge on any atom is -0.423 e. The number of hydrogen-bond donors (Lipinski definition) is 1. The number of nitrogens with one attached hydrogen (secondary N) is 1. The molecule has 1 saturated carbocycles. The molecule has 2 aromatic rings. The molecule has 2 atom stereocenters. The van der Waals surface area contributed by atoms with E-state index in [-0.39, 0.29) is 30.2 Å². The van der Waals surface area contributed by atoms with Crippen LogP contribution >= 0.6 is 0 Å². The van der Waals surface area contributed by atoms with Crippen LogP contribution in [0.4, 0.5) is 5.69 Å². The van der Waals surface area contributed by atoms with Gasteiger partial charge in [-0.25, -0.2) is 0 Å². The van der Waals surface area contributed by atoms with Gasteiger partial charge in [-0.2, -0.15) is 0 Å². The molecule has 4 rings (SSSR count). The number of fused-ring (bicyclic) bond motifs is 1. The summed E-state index contributed by atoms with van der Waals surface area (Å²) in [4.78, 5) is 38.4. The SMILES string of the molecule is O=C(CN1C(=O)[C@H]2CCCC[C@H]2C1=O)Nc1cccc(-c2nnco2)c1. The van der Waals surface area contributed by atoms with Crippen LogP contribution in [-0.4, -0.2) is 39.4 Å². The van der Waals surface area contributed by atoms with E-state index in [1.807, 2.05) is 0 Å². The summed E-state index contributed by atoms with van der Waals surface area (Å²) in [5, 5.41) is 10.2. The van der Waals surface area contributed by atoms with Gasteiger partial charge in [0.1, 0.15) is 6.54 Å². The number of nitrogens with zero attached hydrogens (tertiary/aromatic N) is 3. The van der Waals surface area contributed by atoms with E-state index < -0.39 is 5.91 Å². The Morgan fingerprint density at radius 1 is 1.19 bits per heavy atom. The van der Waals surface area contributed by atoms with Crippen LogP contribution in [-0.2, 0) is 14.4 Å². The summed E-state index contributed by atoms with van der Waals surface area (Å²) >= 11 is 0. The van der Waals surface area contributed by atoms with Gasteiger partial charge in [-0.05, 0) is 31.0 Å². The molecule has 8 heteroatoms. The Balaban J connectivity index is 1.44. The van der Waals surface area contributed by atoms with Crippen LogP contribution in [0.5, 0.6) is 0 Å². The minimum atomic E-state index is -0.409. The van der Waals surface area contributed by atoms with Crippen molar-refractivity contribution < 1.29 is 18.8 Å². The maximum Gasteiger partial charge on any atom is 0.247 e. The number of amides is 3. The molecule has 0 bridgehead atoms. The smallest absolute Gasteiger partial charge is 0.247 e. The van der Waals surface area contributed by atoms with Crippen LogP contribution in [0, 0.1) is 11.8 Å². The van der Waals surface area contributed by atoms with Gasteiger partial charge in [0.25, 0.3) is 0 Å². The van der Waals surface area contributed by atoms with Crippen LogP contribution in [0.1, 0.15) is 25.7 Å². The molecule has 0 spiro atoms. The fourth-order valence-corrected chi connectivity index (χ4v) is 3.76. The highest BCUT2D eigenvalue weighted by molar-refractivity contribution is 6.08. The van der Waals surface area contributed by atoms with E-state index in [2.05, 4.69) is 15.5 Å². The first kappa shape index (κ1) is 16.4. The zero-order chi connectivity index (χ0) is 18.1. The Morgan fingerprint density at radius 2 is 1.92 bits per heavy atom. The average molecular weight is 354 g/mol. The normalized spacial score (nSPS) is 22.4. The van der Waals surface area contributed by atoms with Crippen molar-refractivity contribution in [3.8, 4) is 11.5 Å². The largest absolute Gasteiger partial charge is 0.423 e. The first-order valence-corrected chi connectivity index (χ1v) is 8.65. The van der Waals surface area contributed by atoms with Crippen molar-refractivity contribution >= 4 is 23.4 Å². The number of aromatic nitrogens is 2. The number of benzene rings is 1. The monoisotopic (exact) mass is 354 g/mol. The highest BCUT2D eigenvalue weighted by Crippen LogP contribution is 2.37. The second-order valence-corrected chi connectivity index (χ2v) is 6.63. The van der Waals surface area contributed by atoms with Crippen molar-refractivity contribution in [1.29, 1.82) is 0 Å². The molecule has 26 heavy (non-hydrogen) atoms. The van der Waals surface area contributed by atoms with Crippen LogP contribution < -0.4 is 5.32 Å². The Morgan fingerprint density at radius 3 is 2.58 bits per heavy atom. The van der Waals surface area contributed by atoms with E-state index >= 15 is 0 Å². The first-order chi connectivity index (χ1) is 12.6. The van der Waals surface area contributed by atoms with E-state index in [4.69, 9.17) is 4.42 Å². The molecule has 2 heterocycles. The molecule has 0 radical (unpaired) electrons. The maximum atomic E-state index is 12.4. The van der Waals surface area contributed by atoms with Crippen molar-refractivity contribution in [2.75, 3.05) is 11.9 Å². The number of likely N-dealkylation sites (tertiary alicyclic amines) is 1. The molecule has 8 nitrogen and oxygen atoms in total. The third-order valence-corrected chi connectivity index (χ3v) is 4.99. The van der Waals surface area contributed by atoms with Crippen LogP contribution in [0.15, 0.2) is 35.1 Å². The van der Waals surface area contributed by atoms with E-state index in [1.165, 1.54) is 6.39 Å². The van der Waals surface area contributed by atoms with Gasteiger partial charge in [0.05, 0.1) is 11.8 Å². The van der Waals surface area contributed by atoms with Gasteiger partial charge in [0.15, 0.2) is 0 Å². The molecule has 0 unspecified atom stereocenters. The van der Waals surface area contributed by atoms with Crippen molar-refractivity contribution in [2.45, 2.75) is 25.7 Å². The van der Waals surface area contributed by atoms with Gasteiger partial charge in [0.2, 0.25) is 30.0 Å². The third kappa shape index (κ3) is 2.98. The Labute approximate surface area is 149 Å². The highest BCUT2D eigenvalue weighted by atomic mass is 16.4. The van der Waals surface area contributed by atoms with E-state index in [0.29, 0.717) is 17.1 Å². The zero-order valence-corrected chi connectivity index (χ0v) is 14.1. The average Bonchev–Trinajstić information content (AvgIpc) is 3.26. The molecule has 134 valence electrons. The van der Waals surface area contributed by atoms with Gasteiger partial charge in [0, 0.05) is 11.3 Å². The summed E-state index contributed by atoms with van der Waals surface area (Å²) in [6, 6.07) is 6.93. The van der Waals surface area contributed by atoms with E-state index in [0.717, 1.165) is 30.6 Å². The van der Waals surface area contributed by atoms with Crippen molar-refractivity contribution in [2.24, 2.45) is 11.8 Å². The standard InChI is InChI=1S/C18H18N4O4/c23-15(9-22-17(24)13-6-1-2-7-14(13)18(22)25)20-12-5-3-4-11(8-12)16-21-19-10-26-16/h3-5,8,10,13-14H,1-2,6-7,9H2,(H,20,23)/t13-,14+. The van der Waals surface area contributed by atoms with Crippen LogP contribution in [0.25, 0.3) is 11.5 Å². The number of carbonyl (C=O) groups excluding carboxylic acids is 3. The molecule has 2 fully saturated rings. The van der Waals surface area contributed by atoms with Crippen molar-refractivity contribution in [1.82, 2.24) is 15.1 Å². The fourth-order valence-electron chi connectivity index (χ4n) is 3.76. The third-order valence-electron chi connectivity index (χ3n) is 4.99. The number of anilines is 1. The molecule has 3 amide bonds. The highest BCUT2D eigenvalue weighted by Gasteiger charge is 2.48. The van der Waals surface area contributed by atoms with Crippen molar-refractivity contribution in [3.05, 3.63) is 30.7 Å². The van der Waals surface area contributed by atoms with Gasteiger partial charge in [-0.15, -0.1) is 10.2 Å². The topological polar surface area (TPSA) is 105 Å². The van der Waals surface area contributed by atoms with E-state index in [9.17, 15) is 14.4 Å². The number of carbonyl (C=O) groups is 3. The zero-order valence-electron chi connectivity index (χ0n) is 14.1. The summed E-state index contributed by atoms with van der Waals surface area (Å²) < 4.78 is 5.14. The Bertz CT molecular complexity index is 825. The summed E-state index contributed by atoms with van der Waals surface area (Å²) in [7, 11) is 0. The Kier molecular flexibility index (Phi) is 4.24. The van der Waals surface area contributed by atoms with Gasteiger partial charge in [-0.3, -0.25) is 19.3 Å². The maximum absolute atomic E-state index is 12.4. The van der Waals surface area contributed by atoms with Crippen LogP contribution in [0.2, 0.25) is 0 Å². The second-order valence-electron chi connectivity index (χ2n) is 6.63. The molecule has 1 aromatic heterocycles. The van der Waals surface area contributed by atoms with Gasteiger partial charge >= 0.3 is 0 Å². The van der Waals surface area contributed by atoms with Gasteiger partial charge < -0.3 is 9.73 Å². The first-order valence-electron chi connectivity index (χ1n) is 8.65. The predicted octanol–water partition coefficient (Wildman–Crippen LogP) is 1.85. The summed E-state index contributed by atoms with van der Waals surface area (Å²) in [5.41, 5.74) is 1.20. The number of rotatable bonds is 4. The minimum absolute atomic E-state index is 0.213. The predicted molar refractivity (Wildman–Crippen MR) is 90.5 cm³/mol. The second kappa shape index (κ2) is 6.70. The van der Waals surface area contributed by atoms with Crippen LogP contribution in [0.3, 0.4) is 0 Å². The quantitative estimate of drug-likeness (QED) is 0.840. The van der Waals surface area contributed by atoms with Gasteiger partial charge in [-0.1, -0.05) is 18.9 Å². The molecule has 1 aliphatic heterocycles. The molecular formula is C18H18N4O4. The summed E-state index contributed by atoms with van der Waals surface area (Å²) in [6.45, 7) is -0.255.